The highest BCUT2D eigenvalue weighted by molar-refractivity contribution is 7.89. The minimum Gasteiger partial charge on any atom is -0.276 e. The third-order valence-corrected chi connectivity index (χ3v) is 6.79. The van der Waals surface area contributed by atoms with Crippen LogP contribution in [0.4, 0.5) is 0 Å². The maximum Gasteiger partial charge on any atom is 0.345 e. The number of nitrogens with zero attached hydrogens (tertiary/aromatic N) is 4. The van der Waals surface area contributed by atoms with Gasteiger partial charge < -0.3 is 0 Å². The van der Waals surface area contributed by atoms with Crippen LogP contribution >= 0.6 is 0 Å². The summed E-state index contributed by atoms with van der Waals surface area (Å²) in [5, 5.41) is 4.40. The van der Waals surface area contributed by atoms with Gasteiger partial charge in [0.1, 0.15) is 5.82 Å². The molecular weight excluding hydrogens is 352 g/mol. The molecule has 1 atom stereocenters. The smallest absolute Gasteiger partial charge is 0.276 e. The van der Waals surface area contributed by atoms with Gasteiger partial charge in [0.15, 0.2) is 0 Å². The van der Waals surface area contributed by atoms with Gasteiger partial charge in [-0.25, -0.2) is 17.9 Å². The van der Waals surface area contributed by atoms with Gasteiger partial charge in [-0.3, -0.25) is 4.57 Å². The molecule has 1 aliphatic heterocycles. The Morgan fingerprint density at radius 2 is 1.85 bits per heavy atom. The van der Waals surface area contributed by atoms with Crippen molar-refractivity contribution in [1.82, 2.24) is 18.7 Å². The summed E-state index contributed by atoms with van der Waals surface area (Å²) in [5.74, 6) is 0.594. The lowest BCUT2D eigenvalue weighted by Gasteiger charge is -2.31. The summed E-state index contributed by atoms with van der Waals surface area (Å²) in [6.45, 7) is 6.65. The van der Waals surface area contributed by atoms with E-state index < -0.39 is 10.0 Å². The second kappa shape index (κ2) is 7.00. The molecule has 0 amide bonds. The molecule has 3 rings (SSSR count). The molecule has 1 aromatic heterocycles. The number of piperidine rings is 1. The van der Waals surface area contributed by atoms with Gasteiger partial charge in [0.25, 0.3) is 0 Å². The first-order valence-electron chi connectivity index (χ1n) is 8.94. The zero-order chi connectivity index (χ0) is 19.1. The molecule has 0 aliphatic carbocycles. The first-order valence-corrected chi connectivity index (χ1v) is 10.4. The van der Waals surface area contributed by atoms with Crippen LogP contribution in [0.2, 0.25) is 0 Å². The lowest BCUT2D eigenvalue weighted by atomic mass is 9.98. The van der Waals surface area contributed by atoms with Crippen LogP contribution in [0.3, 0.4) is 0 Å². The average molecular weight is 378 g/mol. The highest BCUT2D eigenvalue weighted by Crippen LogP contribution is 2.30. The van der Waals surface area contributed by atoms with Gasteiger partial charge in [-0.2, -0.15) is 9.40 Å². The molecule has 142 valence electrons. The molecule has 0 bridgehead atoms. The van der Waals surface area contributed by atoms with Crippen molar-refractivity contribution in [3.63, 3.8) is 0 Å². The van der Waals surface area contributed by atoms with Crippen molar-refractivity contribution in [3.8, 4) is 0 Å². The van der Waals surface area contributed by atoms with Crippen molar-refractivity contribution in [2.45, 2.75) is 50.5 Å². The monoisotopic (exact) mass is 378 g/mol. The van der Waals surface area contributed by atoms with Gasteiger partial charge >= 0.3 is 5.69 Å². The normalized spacial score (nSPS) is 19.2. The van der Waals surface area contributed by atoms with Crippen molar-refractivity contribution < 1.29 is 8.42 Å². The van der Waals surface area contributed by atoms with Crippen molar-refractivity contribution in [3.05, 3.63) is 46.1 Å². The molecule has 1 aliphatic rings. The van der Waals surface area contributed by atoms with Gasteiger partial charge in [0.2, 0.25) is 10.0 Å². The van der Waals surface area contributed by atoms with Gasteiger partial charge in [-0.05, 0) is 45.7 Å². The van der Waals surface area contributed by atoms with Crippen LogP contribution in [0.1, 0.15) is 50.0 Å². The van der Waals surface area contributed by atoms with Crippen LogP contribution in [-0.2, 0) is 17.1 Å². The fourth-order valence-electron chi connectivity index (χ4n) is 3.49. The van der Waals surface area contributed by atoms with Crippen LogP contribution in [0, 0.1) is 6.92 Å². The van der Waals surface area contributed by atoms with Gasteiger partial charge in [-0.15, -0.1) is 0 Å². The van der Waals surface area contributed by atoms with Crippen LogP contribution in [-0.4, -0.2) is 40.2 Å². The fourth-order valence-corrected chi connectivity index (χ4v) is 5.02. The summed E-state index contributed by atoms with van der Waals surface area (Å²) in [7, 11) is -1.91. The quantitative estimate of drug-likeness (QED) is 0.816. The van der Waals surface area contributed by atoms with Crippen molar-refractivity contribution in [2.24, 2.45) is 7.05 Å². The Hall–Kier alpha value is -1.93. The van der Waals surface area contributed by atoms with E-state index in [4.69, 9.17) is 0 Å². The Morgan fingerprint density at radius 1 is 1.19 bits per heavy atom. The van der Waals surface area contributed by atoms with E-state index in [0.717, 1.165) is 18.4 Å². The molecule has 8 heteroatoms. The Balaban J connectivity index is 1.92. The molecule has 26 heavy (non-hydrogen) atoms. The Kier molecular flexibility index (Phi) is 5.07. The molecule has 1 fully saturated rings. The van der Waals surface area contributed by atoms with E-state index in [-0.39, 0.29) is 17.6 Å². The number of aromatic nitrogens is 3. The van der Waals surface area contributed by atoms with Crippen LogP contribution in [0.25, 0.3) is 0 Å². The third kappa shape index (κ3) is 3.35. The molecular formula is C18H26N4O3S. The fraction of sp³-hybridized carbons (Fsp3) is 0.556. The third-order valence-electron chi connectivity index (χ3n) is 4.91. The minimum atomic E-state index is -3.54. The molecule has 0 radical (unpaired) electrons. The molecule has 0 N–H and O–H groups in total. The average Bonchev–Trinajstić information content (AvgIpc) is 2.91. The first-order chi connectivity index (χ1) is 12.2. The Morgan fingerprint density at radius 3 is 2.46 bits per heavy atom. The van der Waals surface area contributed by atoms with E-state index in [1.165, 1.54) is 8.99 Å². The standard InChI is InChI=1S/C18H26N4O3S/c1-13(2)22-17(19-20(4)18(22)23)15-6-5-11-21(12-15)26(24,25)16-9-7-14(3)8-10-16/h7-10,13,15H,5-6,11-12H2,1-4H3. The summed E-state index contributed by atoms with van der Waals surface area (Å²) in [6.07, 6.45) is 1.57. The number of aryl methyl sites for hydroxylation is 2. The molecule has 2 aromatic rings. The van der Waals surface area contributed by atoms with Gasteiger partial charge in [0, 0.05) is 32.1 Å². The predicted molar refractivity (Wildman–Crippen MR) is 99.8 cm³/mol. The second-order valence-electron chi connectivity index (χ2n) is 7.24. The molecule has 1 aromatic carbocycles. The van der Waals surface area contributed by atoms with Crippen molar-refractivity contribution >= 4 is 10.0 Å². The lowest BCUT2D eigenvalue weighted by molar-refractivity contribution is 0.301. The number of hydrogen-bond donors (Lipinski definition) is 0. The van der Waals surface area contributed by atoms with Crippen LogP contribution in [0.5, 0.6) is 0 Å². The van der Waals surface area contributed by atoms with Crippen molar-refractivity contribution in [2.75, 3.05) is 13.1 Å². The zero-order valence-electron chi connectivity index (χ0n) is 15.7. The summed E-state index contributed by atoms with van der Waals surface area (Å²) < 4.78 is 30.5. The highest BCUT2D eigenvalue weighted by Gasteiger charge is 2.33. The topological polar surface area (TPSA) is 77.2 Å². The summed E-state index contributed by atoms with van der Waals surface area (Å²) in [6, 6.07) is 6.90. The highest BCUT2D eigenvalue weighted by atomic mass is 32.2. The maximum absolute atomic E-state index is 13.0. The number of rotatable bonds is 4. The summed E-state index contributed by atoms with van der Waals surface area (Å²) >= 11 is 0. The SMILES string of the molecule is Cc1ccc(S(=O)(=O)N2CCCC(c3nn(C)c(=O)n3C(C)C)C2)cc1. The predicted octanol–water partition coefficient (Wildman–Crippen LogP) is 2.04. The number of sulfonamides is 1. The lowest BCUT2D eigenvalue weighted by Crippen LogP contribution is -2.40. The molecule has 7 nitrogen and oxygen atoms in total. The molecule has 0 spiro atoms. The molecule has 1 saturated heterocycles. The Labute approximate surface area is 154 Å². The van der Waals surface area contributed by atoms with Crippen LogP contribution < -0.4 is 5.69 Å². The van der Waals surface area contributed by atoms with E-state index in [2.05, 4.69) is 5.10 Å². The first kappa shape index (κ1) is 18.8. The molecule has 2 heterocycles. The summed E-state index contributed by atoms with van der Waals surface area (Å²) in [4.78, 5) is 12.6. The zero-order valence-corrected chi connectivity index (χ0v) is 16.5. The van der Waals surface area contributed by atoms with Gasteiger partial charge in [-0.1, -0.05) is 17.7 Å². The second-order valence-corrected chi connectivity index (χ2v) is 9.18. The number of hydrogen-bond acceptors (Lipinski definition) is 4. The summed E-state index contributed by atoms with van der Waals surface area (Å²) in [5.41, 5.74) is 0.864. The minimum absolute atomic E-state index is 0.0183. The van der Waals surface area contributed by atoms with Gasteiger partial charge in [0.05, 0.1) is 4.90 Å². The maximum atomic E-state index is 13.0. The van der Waals surface area contributed by atoms with E-state index in [1.54, 1.807) is 23.7 Å². The largest absolute Gasteiger partial charge is 0.345 e. The van der Waals surface area contributed by atoms with E-state index in [1.807, 2.05) is 32.9 Å². The van der Waals surface area contributed by atoms with E-state index in [0.29, 0.717) is 23.8 Å². The Bertz CT molecular complexity index is 942. The van der Waals surface area contributed by atoms with E-state index >= 15 is 0 Å². The van der Waals surface area contributed by atoms with Crippen molar-refractivity contribution in [1.29, 1.82) is 0 Å². The molecule has 0 saturated carbocycles. The van der Waals surface area contributed by atoms with Crippen LogP contribution in [0.15, 0.2) is 34.0 Å². The number of benzene rings is 1. The van der Waals surface area contributed by atoms with E-state index in [9.17, 15) is 13.2 Å². The molecule has 1 unspecified atom stereocenters.